The van der Waals surface area contributed by atoms with Crippen molar-refractivity contribution in [2.75, 3.05) is 30.5 Å². The second-order valence-electron chi connectivity index (χ2n) is 14.1. The van der Waals surface area contributed by atoms with Crippen molar-refractivity contribution in [3.63, 3.8) is 0 Å². The van der Waals surface area contributed by atoms with Gasteiger partial charge in [-0.1, -0.05) is 54.6 Å². The Labute approximate surface area is 375 Å². The van der Waals surface area contributed by atoms with E-state index < -0.39 is 144 Å². The van der Waals surface area contributed by atoms with Gasteiger partial charge in [-0.2, -0.15) is 0 Å². The number of carbonyl (C=O) groups excluding carboxylic acids is 2. The largest absolute Gasteiger partial charge is 0.391 e. The third-order valence-corrected chi connectivity index (χ3v) is 12.5. The molecule has 0 aliphatic heterocycles. The summed E-state index contributed by atoms with van der Waals surface area (Å²) in [5.74, 6) is -70.5. The Morgan fingerprint density at radius 1 is 0.362 bits per heavy atom. The molecule has 366 valence electrons. The molecule has 0 heterocycles. The van der Waals surface area contributed by atoms with Gasteiger partial charge in [-0.25, -0.2) is 87.8 Å². The van der Waals surface area contributed by atoms with Crippen LogP contribution in [0.5, 0.6) is 0 Å². The predicted octanol–water partition coefficient (Wildman–Crippen LogP) is 7.55. The van der Waals surface area contributed by atoms with Crippen LogP contribution in [0.3, 0.4) is 0 Å². The van der Waals surface area contributed by atoms with E-state index in [-0.39, 0.29) is 41.4 Å². The van der Waals surface area contributed by atoms with Crippen LogP contribution in [0.4, 0.5) is 87.8 Å². The zero-order valence-electron chi connectivity index (χ0n) is 33.5. The number of carbonyl (C=O) groups is 2. The van der Waals surface area contributed by atoms with Gasteiger partial charge < -0.3 is 10.2 Å². The summed E-state index contributed by atoms with van der Waals surface area (Å²) < 4.78 is 294. The van der Waals surface area contributed by atoms with E-state index in [1.54, 1.807) is 48.5 Å². The van der Waals surface area contributed by atoms with E-state index in [9.17, 15) is 62.3 Å². The van der Waals surface area contributed by atoms with Crippen LogP contribution < -0.4 is 21.9 Å². The van der Waals surface area contributed by atoms with Crippen LogP contribution in [0.1, 0.15) is 26.3 Å². The molecule has 0 aliphatic rings. The van der Waals surface area contributed by atoms with Gasteiger partial charge in [0.1, 0.15) is 64.2 Å². The number of Topliss-reactive ketones (excluding diaryl/α,β-unsaturated/α-hetero) is 1. The topological polar surface area (TPSA) is 74.6 Å². The fourth-order valence-electron chi connectivity index (χ4n) is 7.31. The molecule has 4 nitrogen and oxygen atoms in total. The number of hydrogen-bond acceptors (Lipinski definition) is 4. The molecule has 6 aromatic rings. The molecule has 0 fully saturated rings. The minimum Gasteiger partial charge on any atom is -0.391 e. The molecular weight excluding hydrogens is 1000 g/mol. The molecule has 6 aromatic carbocycles. The molecule has 0 unspecified atom stereocenters. The maximum absolute atomic E-state index is 15.4. The molecule has 0 spiro atoms. The summed E-state index contributed by atoms with van der Waals surface area (Å²) in [7, 11) is -0.382. The van der Waals surface area contributed by atoms with E-state index in [1.165, 1.54) is 0 Å². The van der Waals surface area contributed by atoms with Crippen molar-refractivity contribution < 1.29 is 108 Å². The van der Waals surface area contributed by atoms with E-state index in [0.717, 1.165) is 0 Å². The van der Waals surface area contributed by atoms with E-state index >= 15 is 35.1 Å². The number of halogens is 20. The maximum Gasteiger partial charge on any atom is 0.212 e. The predicted molar refractivity (Wildman–Crippen MR) is 206 cm³/mol. The average molecular weight is 1020 g/mol. The van der Waals surface area contributed by atoms with Gasteiger partial charge in [0.15, 0.2) is 81.3 Å². The number of benzene rings is 6. The van der Waals surface area contributed by atoms with Crippen molar-refractivity contribution in [3.8, 4) is 0 Å². The van der Waals surface area contributed by atoms with Crippen molar-refractivity contribution in [1.82, 2.24) is 0 Å². The third kappa shape index (κ3) is 9.15. The van der Waals surface area contributed by atoms with E-state index in [1.807, 2.05) is 6.07 Å². The normalized spacial score (nSPS) is 11.6. The van der Waals surface area contributed by atoms with Gasteiger partial charge >= 0.3 is 0 Å². The lowest BCUT2D eigenvalue weighted by Gasteiger charge is -2.44. The molecule has 0 saturated heterocycles. The molecule has 0 amide bonds. The van der Waals surface area contributed by atoms with Gasteiger partial charge in [-0.05, 0) is 0 Å². The van der Waals surface area contributed by atoms with Crippen LogP contribution in [-0.2, 0) is 10.9 Å². The van der Waals surface area contributed by atoms with E-state index in [0.29, 0.717) is 28.2 Å². The third-order valence-electron chi connectivity index (χ3n) is 10.3. The van der Waals surface area contributed by atoms with Crippen LogP contribution in [0, 0.1) is 116 Å². The number of aliphatic hydroxyl groups is 2. The highest BCUT2D eigenvalue weighted by Gasteiger charge is 2.52. The Bertz CT molecular complexity index is 2620. The summed E-state index contributed by atoms with van der Waals surface area (Å²) in [5, 5.41) is 18.2. The summed E-state index contributed by atoms with van der Waals surface area (Å²) in [5.41, 5.74) is -13.0. The molecule has 0 aliphatic carbocycles. The SMILES string of the molecule is Fc1c(F)c(F)c([B-](c2c(F)c(F)c(F)c(F)c2F)(c2c(F)c(F)c(F)c(F)c2F)c2c(F)c(F)c(F)c(F)c2F)c(F)c1F.O=C(C[S+](CCO)CCO)c1ccccc1C(=O)c1ccccc1. The Hall–Kier alpha value is -6.41. The second kappa shape index (κ2) is 21.1. The summed E-state index contributed by atoms with van der Waals surface area (Å²) in [6, 6.07) is 15.7. The van der Waals surface area contributed by atoms with E-state index in [4.69, 9.17) is 10.2 Å². The molecule has 69 heavy (non-hydrogen) atoms. The molecule has 26 heteroatoms. The molecule has 0 radical (unpaired) electrons. The number of ketones is 2. The highest BCUT2D eigenvalue weighted by molar-refractivity contribution is 7.97. The van der Waals surface area contributed by atoms with Gasteiger partial charge in [0.2, 0.25) is 5.78 Å². The minimum atomic E-state index is -7.22. The molecule has 2 N–H and O–H groups in total. The van der Waals surface area contributed by atoms with Crippen LogP contribution in [0.2, 0.25) is 0 Å². The number of aliphatic hydroxyl groups excluding tert-OH is 2. The first kappa shape index (κ1) is 53.5. The summed E-state index contributed by atoms with van der Waals surface area (Å²) >= 11 is 0. The van der Waals surface area contributed by atoms with Crippen molar-refractivity contribution in [2.45, 2.75) is 0 Å². The lowest BCUT2D eigenvalue weighted by atomic mass is 9.12. The van der Waals surface area contributed by atoms with Gasteiger partial charge in [0.05, 0.1) is 13.2 Å². The lowest BCUT2D eigenvalue weighted by Crippen LogP contribution is -2.81. The lowest BCUT2D eigenvalue weighted by molar-refractivity contribution is 0.0993. The minimum absolute atomic E-state index is 0.0129. The molecule has 0 aromatic heterocycles. The van der Waals surface area contributed by atoms with Crippen LogP contribution in [-0.4, -0.2) is 58.4 Å². The first-order valence-electron chi connectivity index (χ1n) is 18.7. The number of hydrogen-bond donors (Lipinski definition) is 2. The average Bonchev–Trinajstić information content (AvgIpc) is 3.34. The maximum atomic E-state index is 15.4. The van der Waals surface area contributed by atoms with Gasteiger partial charge in [-0.15, -0.1) is 21.9 Å². The molecule has 0 saturated carbocycles. The van der Waals surface area contributed by atoms with Crippen LogP contribution in [0.15, 0.2) is 54.6 Å². The fraction of sp³-hybridized carbons (Fsp3) is 0.116. The van der Waals surface area contributed by atoms with Crippen molar-refractivity contribution in [3.05, 3.63) is 188 Å². The smallest absolute Gasteiger partial charge is 0.212 e. The van der Waals surface area contributed by atoms with Gasteiger partial charge in [0, 0.05) is 27.6 Å². The first-order chi connectivity index (χ1) is 32.4. The monoisotopic (exact) mass is 1020 g/mol. The Balaban J connectivity index is 0.000000311. The zero-order valence-corrected chi connectivity index (χ0v) is 34.3. The Morgan fingerprint density at radius 3 is 0.884 bits per heavy atom. The Kier molecular flexibility index (Phi) is 16.4. The standard InChI is InChI=1S/C24BF20.C19H21O4S/c26-5-1(6(27)14(35)21(42)13(5)34)25(2-7(28)15(36)22(43)16(37)8(2)29,3-9(30)17(38)23(44)18(39)10(3)31)4-11(32)19(40)24(45)20(41)12(4)33;20-10-12-24(13-11-21)14-18(22)16-8-4-5-9-17(16)19(23)15-6-2-1-3-7-15/h;1-9,20-21H,10-14H2/q-1;+1. The zero-order chi connectivity index (χ0) is 51.7. The molecule has 0 atom stereocenters. The van der Waals surface area contributed by atoms with Crippen molar-refractivity contribution in [2.24, 2.45) is 0 Å². The summed E-state index contributed by atoms with van der Waals surface area (Å²) in [6.45, 7) is -0.0258. The fourth-order valence-corrected chi connectivity index (χ4v) is 8.85. The molecular formula is C43H21BF20O4S. The van der Waals surface area contributed by atoms with Crippen LogP contribution >= 0.6 is 0 Å². The van der Waals surface area contributed by atoms with E-state index in [2.05, 4.69) is 0 Å². The van der Waals surface area contributed by atoms with Gasteiger partial charge in [0.25, 0.3) is 0 Å². The highest BCUT2D eigenvalue weighted by Crippen LogP contribution is 2.31. The summed E-state index contributed by atoms with van der Waals surface area (Å²) in [6.07, 6.45) is -7.22. The molecule has 6 rings (SSSR count). The van der Waals surface area contributed by atoms with Crippen molar-refractivity contribution >= 4 is 50.5 Å². The number of rotatable bonds is 13. The quantitative estimate of drug-likeness (QED) is 0.0314. The van der Waals surface area contributed by atoms with Crippen molar-refractivity contribution in [1.29, 1.82) is 0 Å². The highest BCUT2D eigenvalue weighted by atomic mass is 32.2. The first-order valence-corrected chi connectivity index (χ1v) is 20.4. The molecule has 0 bridgehead atoms. The Morgan fingerprint density at radius 2 is 0.609 bits per heavy atom. The summed E-state index contributed by atoms with van der Waals surface area (Å²) in [4.78, 5) is 25.3. The van der Waals surface area contributed by atoms with Gasteiger partial charge in [-0.3, -0.25) is 9.59 Å². The van der Waals surface area contributed by atoms with Crippen LogP contribution in [0.25, 0.3) is 0 Å². The second-order valence-corrected chi connectivity index (χ2v) is 16.4.